The molecule has 10 heteroatoms. The number of para-hydroxylation sites is 1. The third-order valence-corrected chi connectivity index (χ3v) is 6.31. The molecule has 1 N–H and O–H groups in total. The summed E-state index contributed by atoms with van der Waals surface area (Å²) in [6, 6.07) is 13.0. The Balaban J connectivity index is 1.64. The zero-order valence-electron chi connectivity index (χ0n) is 17.2. The fourth-order valence-corrected chi connectivity index (χ4v) is 4.39. The van der Waals surface area contributed by atoms with Crippen LogP contribution in [0.1, 0.15) is 17.0 Å². The molecule has 0 saturated carbocycles. The predicted octanol–water partition coefficient (Wildman–Crippen LogP) is 5.81. The summed E-state index contributed by atoms with van der Waals surface area (Å²) >= 11 is 2.72. The number of benzene rings is 2. The monoisotopic (exact) mass is 478 g/mol. The summed E-state index contributed by atoms with van der Waals surface area (Å²) < 4.78 is 41.2. The average Bonchev–Trinajstić information content (AvgIpc) is 3.13. The molecule has 1 aromatic heterocycles. The lowest BCUT2D eigenvalue weighted by atomic mass is 10.1. The number of amides is 1. The Morgan fingerprint density at radius 3 is 2.53 bits per heavy atom. The molecular formula is C22H21F3N4OS2. The van der Waals surface area contributed by atoms with Gasteiger partial charge in [0.25, 0.3) is 0 Å². The molecule has 5 nitrogen and oxygen atoms in total. The van der Waals surface area contributed by atoms with Crippen LogP contribution in [0.4, 0.5) is 18.9 Å². The van der Waals surface area contributed by atoms with Gasteiger partial charge in [-0.05, 0) is 31.2 Å². The zero-order valence-corrected chi connectivity index (χ0v) is 18.9. The van der Waals surface area contributed by atoms with E-state index < -0.39 is 17.6 Å². The van der Waals surface area contributed by atoms with Crippen molar-refractivity contribution in [1.29, 1.82) is 0 Å². The molecule has 0 atom stereocenters. The maximum absolute atomic E-state index is 13.1. The number of nitrogens with zero attached hydrogens (tertiary/aromatic N) is 3. The molecule has 0 spiro atoms. The van der Waals surface area contributed by atoms with Gasteiger partial charge in [0, 0.05) is 11.4 Å². The number of alkyl halides is 3. The maximum atomic E-state index is 13.1. The third-order valence-electron chi connectivity index (χ3n) is 4.33. The van der Waals surface area contributed by atoms with Crippen molar-refractivity contribution >= 4 is 35.1 Å². The Kier molecular flexibility index (Phi) is 8.03. The quantitative estimate of drug-likeness (QED) is 0.310. The van der Waals surface area contributed by atoms with Gasteiger partial charge in [-0.3, -0.25) is 4.79 Å². The van der Waals surface area contributed by atoms with Crippen LogP contribution in [0.15, 0.2) is 71.2 Å². The van der Waals surface area contributed by atoms with Crippen LogP contribution in [0, 0.1) is 6.92 Å². The van der Waals surface area contributed by atoms with Crippen molar-refractivity contribution in [2.24, 2.45) is 0 Å². The Hall–Kier alpha value is -2.72. The van der Waals surface area contributed by atoms with Crippen LogP contribution >= 0.6 is 23.5 Å². The number of carbonyl (C=O) groups excluding carboxylic acids is 1. The molecular weight excluding hydrogens is 457 g/mol. The Morgan fingerprint density at radius 1 is 1.12 bits per heavy atom. The van der Waals surface area contributed by atoms with Crippen molar-refractivity contribution in [1.82, 2.24) is 14.8 Å². The minimum absolute atomic E-state index is 0.105. The van der Waals surface area contributed by atoms with Crippen LogP contribution in [0.3, 0.4) is 0 Å². The molecule has 0 saturated heterocycles. The smallest absolute Gasteiger partial charge is 0.325 e. The number of hydrogen-bond donors (Lipinski definition) is 1. The second-order valence-electron chi connectivity index (χ2n) is 6.78. The van der Waals surface area contributed by atoms with Crippen molar-refractivity contribution in [2.45, 2.75) is 35.4 Å². The van der Waals surface area contributed by atoms with Crippen molar-refractivity contribution in [3.63, 3.8) is 0 Å². The Morgan fingerprint density at radius 2 is 1.84 bits per heavy atom. The second-order valence-corrected chi connectivity index (χ2v) is 8.77. The van der Waals surface area contributed by atoms with E-state index in [9.17, 15) is 18.0 Å². The largest absolute Gasteiger partial charge is 0.418 e. The minimum Gasteiger partial charge on any atom is -0.325 e. The average molecular weight is 479 g/mol. The van der Waals surface area contributed by atoms with E-state index in [-0.39, 0.29) is 11.4 Å². The van der Waals surface area contributed by atoms with Gasteiger partial charge < -0.3 is 9.88 Å². The molecule has 1 heterocycles. The normalized spacial score (nSPS) is 11.4. The van der Waals surface area contributed by atoms with Crippen LogP contribution < -0.4 is 5.32 Å². The molecule has 32 heavy (non-hydrogen) atoms. The first-order chi connectivity index (χ1) is 15.3. The van der Waals surface area contributed by atoms with Gasteiger partial charge in [-0.2, -0.15) is 13.2 Å². The van der Waals surface area contributed by atoms with Crippen LogP contribution in [0.2, 0.25) is 0 Å². The highest BCUT2D eigenvalue weighted by Gasteiger charge is 2.33. The summed E-state index contributed by atoms with van der Waals surface area (Å²) in [6.45, 7) is 6.23. The number of aryl methyl sites for hydroxylation is 1. The zero-order chi connectivity index (χ0) is 23.1. The summed E-state index contributed by atoms with van der Waals surface area (Å²) in [7, 11) is 0. The Labute approximate surface area is 192 Å². The number of hydrogen-bond acceptors (Lipinski definition) is 5. The van der Waals surface area contributed by atoms with E-state index in [1.54, 1.807) is 17.8 Å². The van der Waals surface area contributed by atoms with Gasteiger partial charge in [-0.15, -0.1) is 28.5 Å². The molecule has 0 bridgehead atoms. The molecule has 3 aromatic rings. The van der Waals surface area contributed by atoms with Crippen molar-refractivity contribution in [3.05, 3.63) is 78.1 Å². The maximum Gasteiger partial charge on any atom is 0.418 e. The minimum atomic E-state index is -4.55. The lowest BCUT2D eigenvalue weighted by Crippen LogP contribution is -2.18. The van der Waals surface area contributed by atoms with Gasteiger partial charge in [-0.1, -0.05) is 47.7 Å². The van der Waals surface area contributed by atoms with Crippen LogP contribution in [-0.2, 0) is 23.3 Å². The van der Waals surface area contributed by atoms with Gasteiger partial charge in [0.2, 0.25) is 5.91 Å². The molecule has 0 unspecified atom stereocenters. The molecule has 0 aliphatic rings. The molecule has 3 rings (SSSR count). The lowest BCUT2D eigenvalue weighted by Gasteiger charge is -2.13. The van der Waals surface area contributed by atoms with Gasteiger partial charge in [-0.25, -0.2) is 0 Å². The molecule has 2 aromatic carbocycles. The first-order valence-corrected chi connectivity index (χ1v) is 11.6. The first-order valence-electron chi connectivity index (χ1n) is 9.59. The highest BCUT2D eigenvalue weighted by atomic mass is 32.2. The molecule has 168 valence electrons. The number of thioether (sulfide) groups is 2. The van der Waals surface area contributed by atoms with Crippen LogP contribution in [0.5, 0.6) is 0 Å². The predicted molar refractivity (Wildman–Crippen MR) is 122 cm³/mol. The summed E-state index contributed by atoms with van der Waals surface area (Å²) in [4.78, 5) is 13.4. The summed E-state index contributed by atoms with van der Waals surface area (Å²) in [5, 5.41) is 11.2. The fourth-order valence-electron chi connectivity index (χ4n) is 2.78. The highest BCUT2D eigenvalue weighted by Crippen LogP contribution is 2.34. The van der Waals surface area contributed by atoms with Gasteiger partial charge in [0.1, 0.15) is 5.82 Å². The SMILES string of the molecule is C=CCn1c(CSc2ccc(C)cc2)nnc1SCC(=O)Nc1ccccc1C(F)(F)F. The number of carbonyl (C=O) groups is 1. The van der Waals surface area contributed by atoms with E-state index >= 15 is 0 Å². The molecule has 0 aliphatic heterocycles. The number of nitrogens with one attached hydrogen (secondary N) is 1. The lowest BCUT2D eigenvalue weighted by molar-refractivity contribution is -0.137. The van der Waals surface area contributed by atoms with Crippen molar-refractivity contribution < 1.29 is 18.0 Å². The highest BCUT2D eigenvalue weighted by molar-refractivity contribution is 7.99. The van der Waals surface area contributed by atoms with Gasteiger partial charge >= 0.3 is 6.18 Å². The van der Waals surface area contributed by atoms with E-state index in [4.69, 9.17) is 0 Å². The van der Waals surface area contributed by atoms with Gasteiger partial charge in [0.05, 0.1) is 22.8 Å². The van der Waals surface area contributed by atoms with Crippen molar-refractivity contribution in [3.8, 4) is 0 Å². The van der Waals surface area contributed by atoms with E-state index in [1.807, 2.05) is 35.8 Å². The number of aromatic nitrogens is 3. The molecule has 0 aliphatic carbocycles. The van der Waals surface area contributed by atoms with E-state index in [2.05, 4.69) is 22.1 Å². The van der Waals surface area contributed by atoms with Crippen LogP contribution in [0.25, 0.3) is 0 Å². The first kappa shape index (κ1) is 23.9. The van der Waals surface area contributed by atoms with E-state index in [0.29, 0.717) is 17.5 Å². The van der Waals surface area contributed by atoms with Crippen LogP contribution in [-0.4, -0.2) is 26.4 Å². The van der Waals surface area contributed by atoms with Crippen molar-refractivity contribution in [2.75, 3.05) is 11.1 Å². The topological polar surface area (TPSA) is 59.8 Å². The summed E-state index contributed by atoms with van der Waals surface area (Å²) in [6.07, 6.45) is -2.85. The third kappa shape index (κ3) is 6.39. The number of allylic oxidation sites excluding steroid dienone is 1. The number of anilines is 1. The number of halogens is 3. The van der Waals surface area contributed by atoms with Gasteiger partial charge in [0.15, 0.2) is 5.16 Å². The fraction of sp³-hybridized carbons (Fsp3) is 0.227. The Bertz CT molecular complexity index is 1080. The molecule has 0 radical (unpaired) electrons. The summed E-state index contributed by atoms with van der Waals surface area (Å²) in [5.41, 5.74) is 0.0240. The van der Waals surface area contributed by atoms with E-state index in [0.717, 1.165) is 28.5 Å². The second kappa shape index (κ2) is 10.7. The molecule has 1 amide bonds. The summed E-state index contributed by atoms with van der Waals surface area (Å²) in [5.74, 6) is 0.638. The number of rotatable bonds is 9. The molecule has 0 fully saturated rings. The van der Waals surface area contributed by atoms with E-state index in [1.165, 1.54) is 23.8 Å². The standard InChI is InChI=1S/C22H21F3N4OS2/c1-3-12-29-19(13-31-16-10-8-15(2)9-11-16)27-28-21(29)32-14-20(30)26-18-7-5-4-6-17(18)22(23,24)25/h3-11H,1,12-14H2,2H3,(H,26,30).